The largest absolute Gasteiger partial charge is 0.349 e. The SMILES string of the molecule is CCC(CCCl)NC(=O)c1ccc(Cl)c(F)c1. The standard InChI is InChI=1S/C12H14Cl2FNO/c1-2-9(5-6-13)16-12(17)8-3-4-10(14)11(15)7-8/h3-4,7,9H,2,5-6H2,1H3,(H,16,17). The van der Waals surface area contributed by atoms with Gasteiger partial charge in [0.2, 0.25) is 0 Å². The molecule has 1 N–H and O–H groups in total. The minimum Gasteiger partial charge on any atom is -0.349 e. The highest BCUT2D eigenvalue weighted by molar-refractivity contribution is 6.30. The maximum absolute atomic E-state index is 13.2. The normalized spacial score (nSPS) is 12.2. The van der Waals surface area contributed by atoms with E-state index in [1.165, 1.54) is 12.1 Å². The molecule has 1 aromatic carbocycles. The predicted molar refractivity (Wildman–Crippen MR) is 68.3 cm³/mol. The number of benzene rings is 1. The molecule has 0 heterocycles. The molecule has 0 aliphatic carbocycles. The van der Waals surface area contributed by atoms with E-state index < -0.39 is 5.82 Å². The van der Waals surface area contributed by atoms with Crippen molar-refractivity contribution in [2.45, 2.75) is 25.8 Å². The van der Waals surface area contributed by atoms with Gasteiger partial charge in [-0.3, -0.25) is 4.79 Å². The topological polar surface area (TPSA) is 29.1 Å². The maximum atomic E-state index is 13.2. The Morgan fingerprint density at radius 3 is 2.76 bits per heavy atom. The van der Waals surface area contributed by atoms with Gasteiger partial charge in [-0.25, -0.2) is 4.39 Å². The maximum Gasteiger partial charge on any atom is 0.251 e. The first kappa shape index (κ1) is 14.3. The molecule has 0 aromatic heterocycles. The van der Waals surface area contributed by atoms with Gasteiger partial charge in [0, 0.05) is 17.5 Å². The van der Waals surface area contributed by atoms with E-state index in [9.17, 15) is 9.18 Å². The van der Waals surface area contributed by atoms with E-state index in [1.807, 2.05) is 6.92 Å². The van der Waals surface area contributed by atoms with Gasteiger partial charge in [-0.1, -0.05) is 18.5 Å². The molecule has 0 spiro atoms. The predicted octanol–water partition coefficient (Wildman–Crippen LogP) is 3.62. The summed E-state index contributed by atoms with van der Waals surface area (Å²) in [6.07, 6.45) is 1.48. The summed E-state index contributed by atoms with van der Waals surface area (Å²) in [4.78, 5) is 11.8. The quantitative estimate of drug-likeness (QED) is 0.819. The van der Waals surface area contributed by atoms with Crippen molar-refractivity contribution in [3.8, 4) is 0 Å². The third kappa shape index (κ3) is 4.17. The lowest BCUT2D eigenvalue weighted by atomic mass is 10.1. The summed E-state index contributed by atoms with van der Waals surface area (Å²) < 4.78 is 13.2. The van der Waals surface area contributed by atoms with Crippen molar-refractivity contribution in [3.63, 3.8) is 0 Å². The Labute approximate surface area is 110 Å². The number of hydrogen-bond acceptors (Lipinski definition) is 1. The molecule has 17 heavy (non-hydrogen) atoms. The lowest BCUT2D eigenvalue weighted by Crippen LogP contribution is -2.34. The number of rotatable bonds is 5. The molecule has 0 radical (unpaired) electrons. The minimum atomic E-state index is -0.593. The molecule has 0 aliphatic rings. The van der Waals surface area contributed by atoms with Crippen molar-refractivity contribution in [1.29, 1.82) is 0 Å². The van der Waals surface area contributed by atoms with Crippen molar-refractivity contribution in [2.75, 3.05) is 5.88 Å². The Hall–Kier alpha value is -0.800. The molecule has 1 aromatic rings. The second-order valence-corrected chi connectivity index (χ2v) is 4.47. The Bertz CT molecular complexity index is 398. The lowest BCUT2D eigenvalue weighted by molar-refractivity contribution is 0.0934. The summed E-state index contributed by atoms with van der Waals surface area (Å²) in [5.41, 5.74) is 0.264. The van der Waals surface area contributed by atoms with Crippen LogP contribution in [0.4, 0.5) is 4.39 Å². The van der Waals surface area contributed by atoms with Crippen LogP contribution in [0.15, 0.2) is 18.2 Å². The molecular weight excluding hydrogens is 264 g/mol. The van der Waals surface area contributed by atoms with Crippen LogP contribution in [-0.2, 0) is 0 Å². The van der Waals surface area contributed by atoms with Crippen molar-refractivity contribution < 1.29 is 9.18 Å². The fraction of sp³-hybridized carbons (Fsp3) is 0.417. The first-order valence-corrected chi connectivity index (χ1v) is 6.31. The van der Waals surface area contributed by atoms with E-state index in [0.717, 1.165) is 12.5 Å². The average Bonchev–Trinajstić information content (AvgIpc) is 2.31. The van der Waals surface area contributed by atoms with Gasteiger partial charge in [-0.15, -0.1) is 11.6 Å². The highest BCUT2D eigenvalue weighted by atomic mass is 35.5. The van der Waals surface area contributed by atoms with Gasteiger partial charge < -0.3 is 5.32 Å². The third-order valence-electron chi connectivity index (χ3n) is 2.47. The lowest BCUT2D eigenvalue weighted by Gasteiger charge is -2.15. The molecule has 0 aliphatic heterocycles. The Morgan fingerprint density at radius 1 is 1.53 bits per heavy atom. The first-order valence-electron chi connectivity index (χ1n) is 5.40. The Kier molecular flexibility index (Phi) is 5.72. The molecule has 94 valence electrons. The fourth-order valence-corrected chi connectivity index (χ4v) is 1.80. The Morgan fingerprint density at radius 2 is 2.24 bits per heavy atom. The van der Waals surface area contributed by atoms with Gasteiger partial charge >= 0.3 is 0 Å². The molecule has 1 rings (SSSR count). The van der Waals surface area contributed by atoms with Crippen molar-refractivity contribution in [3.05, 3.63) is 34.6 Å². The van der Waals surface area contributed by atoms with Crippen molar-refractivity contribution in [2.24, 2.45) is 0 Å². The fourth-order valence-electron chi connectivity index (χ4n) is 1.42. The van der Waals surface area contributed by atoms with Crippen LogP contribution in [0.25, 0.3) is 0 Å². The first-order chi connectivity index (χ1) is 8.08. The zero-order valence-corrected chi connectivity index (χ0v) is 11.0. The van der Waals surface area contributed by atoms with Crippen LogP contribution in [0, 0.1) is 5.82 Å². The number of amides is 1. The molecule has 0 fully saturated rings. The number of alkyl halides is 1. The zero-order valence-electron chi connectivity index (χ0n) is 9.47. The molecular formula is C12H14Cl2FNO. The second kappa shape index (κ2) is 6.82. The number of nitrogens with one attached hydrogen (secondary N) is 1. The molecule has 1 unspecified atom stereocenters. The van der Waals surface area contributed by atoms with Crippen LogP contribution in [0.1, 0.15) is 30.1 Å². The number of halogens is 3. The summed E-state index contributed by atoms with van der Waals surface area (Å²) in [5, 5.41) is 2.81. The number of hydrogen-bond donors (Lipinski definition) is 1. The molecule has 1 atom stereocenters. The van der Waals surface area contributed by atoms with Crippen LogP contribution in [0.5, 0.6) is 0 Å². The van der Waals surface area contributed by atoms with E-state index in [1.54, 1.807) is 0 Å². The molecule has 0 saturated carbocycles. The summed E-state index contributed by atoms with van der Waals surface area (Å²) in [6.45, 7) is 1.96. The van der Waals surface area contributed by atoms with E-state index in [-0.39, 0.29) is 22.5 Å². The van der Waals surface area contributed by atoms with E-state index in [4.69, 9.17) is 23.2 Å². The molecule has 2 nitrogen and oxygen atoms in total. The van der Waals surface area contributed by atoms with Crippen LogP contribution < -0.4 is 5.32 Å². The van der Waals surface area contributed by atoms with Gasteiger partial charge in [0.15, 0.2) is 0 Å². The van der Waals surface area contributed by atoms with Gasteiger partial charge in [-0.2, -0.15) is 0 Å². The summed E-state index contributed by atoms with van der Waals surface area (Å²) in [6, 6.07) is 4.01. The van der Waals surface area contributed by atoms with E-state index in [0.29, 0.717) is 12.3 Å². The van der Waals surface area contributed by atoms with Crippen LogP contribution in [0.3, 0.4) is 0 Å². The Balaban J connectivity index is 2.72. The molecule has 0 saturated heterocycles. The van der Waals surface area contributed by atoms with E-state index in [2.05, 4.69) is 5.32 Å². The zero-order chi connectivity index (χ0) is 12.8. The minimum absolute atomic E-state index is 0.00866. The van der Waals surface area contributed by atoms with Crippen LogP contribution >= 0.6 is 23.2 Å². The highest BCUT2D eigenvalue weighted by Crippen LogP contribution is 2.15. The smallest absolute Gasteiger partial charge is 0.251 e. The van der Waals surface area contributed by atoms with Gasteiger partial charge in [0.25, 0.3) is 5.91 Å². The van der Waals surface area contributed by atoms with Gasteiger partial charge in [-0.05, 0) is 31.0 Å². The van der Waals surface area contributed by atoms with Crippen molar-refractivity contribution >= 4 is 29.1 Å². The number of carbonyl (C=O) groups is 1. The molecule has 5 heteroatoms. The average molecular weight is 278 g/mol. The highest BCUT2D eigenvalue weighted by Gasteiger charge is 2.13. The second-order valence-electron chi connectivity index (χ2n) is 3.69. The summed E-state index contributed by atoms with van der Waals surface area (Å²) >= 11 is 11.2. The van der Waals surface area contributed by atoms with Gasteiger partial charge in [0.05, 0.1) is 5.02 Å². The van der Waals surface area contributed by atoms with Crippen LogP contribution in [0.2, 0.25) is 5.02 Å². The number of carbonyl (C=O) groups excluding carboxylic acids is 1. The summed E-state index contributed by atoms with van der Waals surface area (Å²) in [7, 11) is 0. The molecule has 1 amide bonds. The summed E-state index contributed by atoms with van der Waals surface area (Å²) in [5.74, 6) is -0.421. The third-order valence-corrected chi connectivity index (χ3v) is 2.99. The molecule has 0 bridgehead atoms. The monoisotopic (exact) mass is 277 g/mol. The van der Waals surface area contributed by atoms with E-state index >= 15 is 0 Å². The van der Waals surface area contributed by atoms with Crippen LogP contribution in [-0.4, -0.2) is 17.8 Å². The van der Waals surface area contributed by atoms with Crippen molar-refractivity contribution in [1.82, 2.24) is 5.32 Å². The van der Waals surface area contributed by atoms with Gasteiger partial charge in [0.1, 0.15) is 5.82 Å².